The van der Waals surface area contributed by atoms with E-state index >= 15 is 0 Å². The van der Waals surface area contributed by atoms with Gasteiger partial charge in [-0.2, -0.15) is 0 Å². The van der Waals surface area contributed by atoms with Crippen LogP contribution in [-0.2, 0) is 9.59 Å². The van der Waals surface area contributed by atoms with Crippen molar-refractivity contribution in [2.24, 2.45) is 21.7 Å². The molecule has 0 rings (SSSR count). The molecule has 163 valence electrons. The normalized spacial score (nSPS) is 13.4. The zero-order valence-corrected chi connectivity index (χ0v) is 24.1. The molecular formula is C23H43LaO4-. The number of ketones is 2. The molecule has 0 aliphatic carbocycles. The minimum atomic E-state index is -0.417. The first-order valence-electron chi connectivity index (χ1n) is 9.01. The Hall–Kier alpha value is -0.385. The summed E-state index contributed by atoms with van der Waals surface area (Å²) >= 11 is 0. The average molecular weight is 522 g/mol. The Bertz CT molecular complexity index is 505. The summed E-state index contributed by atoms with van der Waals surface area (Å²) in [4.78, 5) is 23.0. The second-order valence-corrected chi connectivity index (χ2v) is 10.8. The molecule has 0 heterocycles. The van der Waals surface area contributed by atoms with Gasteiger partial charge in [0.1, 0.15) is 11.5 Å². The maximum Gasteiger partial charge on any atom is 0.164 e. The second kappa shape index (κ2) is 12.3. The van der Waals surface area contributed by atoms with Crippen molar-refractivity contribution in [3.63, 3.8) is 0 Å². The van der Waals surface area contributed by atoms with Gasteiger partial charge in [0.15, 0.2) is 11.6 Å². The van der Waals surface area contributed by atoms with Gasteiger partial charge in [-0.1, -0.05) is 83.1 Å². The molecule has 0 saturated carbocycles. The van der Waals surface area contributed by atoms with Crippen LogP contribution in [0.3, 0.4) is 0 Å². The van der Waals surface area contributed by atoms with Gasteiger partial charge in [0.25, 0.3) is 0 Å². The van der Waals surface area contributed by atoms with Crippen molar-refractivity contribution >= 4 is 11.6 Å². The van der Waals surface area contributed by atoms with Gasteiger partial charge >= 0.3 is 0 Å². The molecule has 0 amide bonds. The fraction of sp³-hybridized carbons (Fsp3) is 0.696. The van der Waals surface area contributed by atoms with E-state index in [9.17, 15) is 19.8 Å². The van der Waals surface area contributed by atoms with Crippen LogP contribution in [0, 0.1) is 64.7 Å². The molecule has 0 fully saturated rings. The van der Waals surface area contributed by atoms with Crippen LogP contribution in [0.15, 0.2) is 23.7 Å². The molecule has 1 radical (unpaired) electrons. The van der Waals surface area contributed by atoms with Crippen molar-refractivity contribution in [1.29, 1.82) is 0 Å². The third-order valence-corrected chi connectivity index (χ3v) is 3.55. The van der Waals surface area contributed by atoms with Crippen LogP contribution in [0.1, 0.15) is 83.1 Å². The first kappa shape index (κ1) is 35.1. The molecule has 0 saturated heterocycles. The number of hydrogen-bond acceptors (Lipinski definition) is 4. The van der Waals surface area contributed by atoms with Gasteiger partial charge in [0.05, 0.1) is 0 Å². The van der Waals surface area contributed by atoms with Crippen molar-refractivity contribution in [3.8, 4) is 0 Å². The summed E-state index contributed by atoms with van der Waals surface area (Å²) < 4.78 is 0. The fourth-order valence-corrected chi connectivity index (χ4v) is 1.11. The van der Waals surface area contributed by atoms with Crippen molar-refractivity contribution in [2.45, 2.75) is 83.1 Å². The monoisotopic (exact) mass is 522 g/mol. The molecule has 5 heteroatoms. The van der Waals surface area contributed by atoms with Gasteiger partial charge in [-0.25, -0.2) is 0 Å². The average Bonchev–Trinajstić information content (AvgIpc) is 2.34. The molecule has 0 aliphatic heterocycles. The van der Waals surface area contributed by atoms with Gasteiger partial charge < -0.3 is 17.6 Å². The summed E-state index contributed by atoms with van der Waals surface area (Å²) in [7, 11) is 0. The summed E-state index contributed by atoms with van der Waals surface area (Å²) in [5.41, 5.74) is -1.53. The maximum absolute atomic E-state index is 11.5. The van der Waals surface area contributed by atoms with Gasteiger partial charge in [0.2, 0.25) is 0 Å². The van der Waals surface area contributed by atoms with Crippen molar-refractivity contribution in [1.82, 2.24) is 0 Å². The number of carbonyl (C=O) groups is 2. The minimum absolute atomic E-state index is 0. The molecule has 4 nitrogen and oxygen atoms in total. The first-order chi connectivity index (χ1) is 11.1. The van der Waals surface area contributed by atoms with E-state index in [4.69, 9.17) is 0 Å². The van der Waals surface area contributed by atoms with Crippen molar-refractivity contribution < 1.29 is 55.4 Å². The Labute approximate surface area is 201 Å². The Morgan fingerprint density at radius 3 is 0.821 bits per heavy atom. The molecule has 0 unspecified atom stereocenters. The van der Waals surface area contributed by atoms with E-state index in [0.29, 0.717) is 0 Å². The molecule has 0 bridgehead atoms. The van der Waals surface area contributed by atoms with E-state index in [1.54, 1.807) is 0 Å². The van der Waals surface area contributed by atoms with Crippen LogP contribution < -0.4 is 0 Å². The van der Waals surface area contributed by atoms with Crippen LogP contribution in [0.2, 0.25) is 0 Å². The molecule has 0 aromatic heterocycles. The SMILES string of the molecule is CC(C)(C)C(=O)/C=C(\O)C(C)(C)C.CC(C)(C)C(=O)/C=C(\O)C(C)(C)C.[CH3-].[La]. The number of rotatable bonds is 2. The van der Waals surface area contributed by atoms with E-state index < -0.39 is 10.8 Å². The Morgan fingerprint density at radius 2 is 0.714 bits per heavy atom. The second-order valence-electron chi connectivity index (χ2n) is 10.8. The predicted molar refractivity (Wildman–Crippen MR) is 116 cm³/mol. The van der Waals surface area contributed by atoms with E-state index in [2.05, 4.69) is 0 Å². The molecule has 0 aromatic carbocycles. The van der Waals surface area contributed by atoms with Gasteiger partial charge in [-0.15, -0.1) is 0 Å². The standard InChI is InChI=1S/2C11H20O2.CH3.La/c2*1-10(2,3)8(12)7-9(13)11(4,5)6;;/h2*7,12H,1-6H3;1H3;/q;;-1;/b2*8-7-;;. The van der Waals surface area contributed by atoms with Crippen LogP contribution in [-0.4, -0.2) is 21.8 Å². The first-order valence-corrected chi connectivity index (χ1v) is 9.01. The molecule has 28 heavy (non-hydrogen) atoms. The summed E-state index contributed by atoms with van der Waals surface area (Å²) in [6, 6.07) is 0. The Kier molecular flexibility index (Phi) is 15.5. The largest absolute Gasteiger partial charge is 0.512 e. The third-order valence-electron chi connectivity index (χ3n) is 3.55. The summed E-state index contributed by atoms with van der Waals surface area (Å²) in [5.74, 6) is 0.208. The molecule has 0 aliphatic rings. The molecule has 2 N–H and O–H groups in total. The van der Waals surface area contributed by atoms with Crippen LogP contribution in [0.5, 0.6) is 0 Å². The zero-order chi connectivity index (χ0) is 21.7. The van der Waals surface area contributed by atoms with Crippen LogP contribution >= 0.6 is 0 Å². The fourth-order valence-electron chi connectivity index (χ4n) is 1.11. The molecule has 0 aromatic rings. The van der Waals surface area contributed by atoms with Crippen LogP contribution in [0.4, 0.5) is 0 Å². The van der Waals surface area contributed by atoms with E-state index in [-0.39, 0.29) is 76.9 Å². The van der Waals surface area contributed by atoms with Crippen molar-refractivity contribution in [2.75, 3.05) is 0 Å². The molecule has 0 atom stereocenters. The number of aliphatic hydroxyl groups is 2. The summed E-state index contributed by atoms with van der Waals surface area (Å²) in [6.45, 7) is 22.2. The maximum atomic E-state index is 11.5. The topological polar surface area (TPSA) is 74.6 Å². The van der Waals surface area contributed by atoms with Crippen molar-refractivity contribution in [3.05, 3.63) is 31.1 Å². The van der Waals surface area contributed by atoms with Gasteiger partial charge in [-0.05, 0) is 0 Å². The zero-order valence-electron chi connectivity index (χ0n) is 20.4. The van der Waals surface area contributed by atoms with E-state index in [1.807, 2.05) is 83.1 Å². The number of aliphatic hydroxyl groups excluding tert-OH is 2. The summed E-state index contributed by atoms with van der Waals surface area (Å²) in [5, 5.41) is 19.1. The Morgan fingerprint density at radius 1 is 0.536 bits per heavy atom. The Balaban J connectivity index is -0.000000192. The number of carbonyl (C=O) groups excluding carboxylic acids is 2. The number of hydrogen-bond donors (Lipinski definition) is 2. The van der Waals surface area contributed by atoms with Crippen LogP contribution in [0.25, 0.3) is 0 Å². The van der Waals surface area contributed by atoms with Gasteiger partial charge in [-0.3, -0.25) is 9.59 Å². The number of allylic oxidation sites excluding steroid dienone is 4. The van der Waals surface area contributed by atoms with E-state index in [1.165, 1.54) is 12.2 Å². The quantitative estimate of drug-likeness (QED) is 0.243. The minimum Gasteiger partial charge on any atom is -0.512 e. The summed E-state index contributed by atoms with van der Waals surface area (Å²) in [6.07, 6.45) is 2.67. The molecular weight excluding hydrogens is 479 g/mol. The van der Waals surface area contributed by atoms with E-state index in [0.717, 1.165) is 0 Å². The van der Waals surface area contributed by atoms with Gasteiger partial charge in [0, 0.05) is 69.4 Å². The smallest absolute Gasteiger partial charge is 0.164 e. The third kappa shape index (κ3) is 15.5. The predicted octanol–water partition coefficient (Wildman–Crippen LogP) is 6.63. The molecule has 0 spiro atoms.